The molecule has 0 aliphatic carbocycles. The van der Waals surface area contributed by atoms with Gasteiger partial charge in [-0.05, 0) is 74.7 Å². The standard InChI is InChI=1S/C42H42F9N7O6S/c1-39(2,3)34(36(61)56-13-6-7-29(56)35(53)60)55-30(59)20-63-19-22(43)12-14-64-24-9-10-25(26(16-24)41(46,47)48)33-27(44)15-23(18-54-33)58-38(65)57(37(62)40(58,4)5)28-11-8-21(17-52)31(32(28)45)42(49,50)51/h8-11,15-16,18,22,29,34H,6-7,12-14,19-20H2,1-5H3,(H2,53,60)(H,55,59)/t22?,29-,34+/m0/s1. The van der Waals surface area contributed by atoms with Crippen LogP contribution in [0.2, 0.25) is 0 Å². The quantitative estimate of drug-likeness (QED) is 0.127. The van der Waals surface area contributed by atoms with Crippen molar-refractivity contribution in [2.75, 3.05) is 36.2 Å². The number of nitrogens with two attached hydrogens (primary N) is 1. The van der Waals surface area contributed by atoms with Crippen molar-refractivity contribution in [2.24, 2.45) is 11.1 Å². The number of pyridine rings is 1. The second-order valence-electron chi connectivity index (χ2n) is 16.7. The van der Waals surface area contributed by atoms with Crippen molar-refractivity contribution in [3.63, 3.8) is 0 Å². The first-order chi connectivity index (χ1) is 30.1. The molecule has 2 fully saturated rings. The number of halogens is 9. The van der Waals surface area contributed by atoms with Gasteiger partial charge in [0.2, 0.25) is 17.7 Å². The van der Waals surface area contributed by atoms with Gasteiger partial charge < -0.3 is 30.3 Å². The first-order valence-corrected chi connectivity index (χ1v) is 20.1. The Kier molecular flexibility index (Phi) is 14.5. The summed E-state index contributed by atoms with van der Waals surface area (Å²) in [5.41, 5.74) is -4.47. The summed E-state index contributed by atoms with van der Waals surface area (Å²) in [5, 5.41) is 11.1. The second kappa shape index (κ2) is 18.8. The molecule has 13 nitrogen and oxygen atoms in total. The molecule has 65 heavy (non-hydrogen) atoms. The number of hydrogen-bond acceptors (Lipinski definition) is 9. The molecule has 3 atom stereocenters. The van der Waals surface area contributed by atoms with Gasteiger partial charge in [-0.15, -0.1) is 0 Å². The van der Waals surface area contributed by atoms with E-state index in [-0.39, 0.29) is 18.0 Å². The van der Waals surface area contributed by atoms with E-state index in [2.05, 4.69) is 10.3 Å². The third kappa shape index (κ3) is 10.6. The van der Waals surface area contributed by atoms with Crippen LogP contribution in [0.4, 0.5) is 50.9 Å². The highest BCUT2D eigenvalue weighted by atomic mass is 32.1. The summed E-state index contributed by atoms with van der Waals surface area (Å²) in [7, 11) is 0. The van der Waals surface area contributed by atoms with E-state index < -0.39 is 142 Å². The fraction of sp³-hybridized carbons (Fsp3) is 0.452. The van der Waals surface area contributed by atoms with E-state index in [4.69, 9.17) is 32.7 Å². The molecule has 0 saturated carbocycles. The molecule has 2 aliphatic rings. The number of hydrogen-bond donors (Lipinski definition) is 2. The van der Waals surface area contributed by atoms with Crippen LogP contribution >= 0.6 is 12.2 Å². The number of nitrogens with one attached hydrogen (secondary N) is 1. The maximum absolute atomic E-state index is 15.8. The molecule has 1 aromatic heterocycles. The Hall–Kier alpha value is -6.02. The average Bonchev–Trinajstić information content (AvgIpc) is 3.76. The van der Waals surface area contributed by atoms with Gasteiger partial charge in [-0.25, -0.2) is 13.2 Å². The molecule has 2 aliphatic heterocycles. The molecule has 4 amide bonds. The topological polar surface area (TPSA) is 171 Å². The summed E-state index contributed by atoms with van der Waals surface area (Å²) in [6.07, 6.45) is -10.8. The van der Waals surface area contributed by atoms with Crippen LogP contribution in [-0.2, 0) is 36.3 Å². The molecular formula is C42H42F9N7O6S. The van der Waals surface area contributed by atoms with E-state index in [0.29, 0.717) is 35.9 Å². The number of thiocarbonyl (C=S) groups is 1. The summed E-state index contributed by atoms with van der Waals surface area (Å²) in [6, 6.07) is 3.87. The molecule has 3 heterocycles. The predicted molar refractivity (Wildman–Crippen MR) is 219 cm³/mol. The molecule has 3 N–H and O–H groups in total. The molecule has 0 bridgehead atoms. The Morgan fingerprint density at radius 1 is 1.06 bits per heavy atom. The smallest absolute Gasteiger partial charge is 0.420 e. The van der Waals surface area contributed by atoms with Crippen LogP contribution in [-0.4, -0.2) is 88.8 Å². The lowest BCUT2D eigenvalue weighted by molar-refractivity contribution is -0.144. The number of primary amides is 1. The van der Waals surface area contributed by atoms with E-state index in [9.17, 15) is 49.9 Å². The zero-order chi connectivity index (χ0) is 48.6. The minimum atomic E-state index is -5.35. The van der Waals surface area contributed by atoms with Crippen LogP contribution in [0.3, 0.4) is 0 Å². The number of nitrogens with zero attached hydrogens (tertiary/aromatic N) is 5. The monoisotopic (exact) mass is 943 g/mol. The van der Waals surface area contributed by atoms with Gasteiger partial charge in [0.05, 0.1) is 48.0 Å². The molecule has 23 heteroatoms. The van der Waals surface area contributed by atoms with Crippen LogP contribution < -0.4 is 25.6 Å². The van der Waals surface area contributed by atoms with Gasteiger partial charge in [0.1, 0.15) is 47.4 Å². The van der Waals surface area contributed by atoms with Crippen molar-refractivity contribution in [3.8, 4) is 23.1 Å². The number of likely N-dealkylation sites (tertiary alicyclic amines) is 1. The predicted octanol–water partition coefficient (Wildman–Crippen LogP) is 6.98. The Morgan fingerprint density at radius 3 is 2.32 bits per heavy atom. The minimum Gasteiger partial charge on any atom is -0.493 e. The van der Waals surface area contributed by atoms with Crippen LogP contribution in [0.5, 0.6) is 5.75 Å². The van der Waals surface area contributed by atoms with Gasteiger partial charge in [-0.3, -0.25) is 29.1 Å². The number of amides is 4. The van der Waals surface area contributed by atoms with Crippen molar-refractivity contribution >= 4 is 52.3 Å². The Bertz CT molecular complexity index is 2420. The number of aromatic nitrogens is 1. The first-order valence-electron chi connectivity index (χ1n) is 19.7. The van der Waals surface area contributed by atoms with Crippen molar-refractivity contribution in [2.45, 2.75) is 90.0 Å². The summed E-state index contributed by atoms with van der Waals surface area (Å²) in [5.74, 6) is -6.70. The molecule has 3 aromatic rings. The highest BCUT2D eigenvalue weighted by Crippen LogP contribution is 2.44. The maximum Gasteiger partial charge on any atom is 0.420 e. The molecule has 350 valence electrons. The number of carbonyl (C=O) groups excluding carboxylic acids is 4. The van der Waals surface area contributed by atoms with Crippen LogP contribution in [0, 0.1) is 28.4 Å². The van der Waals surface area contributed by atoms with Crippen LogP contribution in [0.25, 0.3) is 11.3 Å². The van der Waals surface area contributed by atoms with Gasteiger partial charge in [-0.1, -0.05) is 20.8 Å². The SMILES string of the molecule is CC(C)(C)[C@H](NC(=O)COCC(F)CCOc1ccc(-c2ncc(N3C(=S)N(c4ccc(C#N)c(C(F)(F)F)c4F)C(=O)C3(C)C)cc2F)c(C(F)(F)F)c1)C(=O)N1CCC[C@H]1C(N)=O. The highest BCUT2D eigenvalue weighted by Gasteiger charge is 2.52. The van der Waals surface area contributed by atoms with E-state index in [0.717, 1.165) is 29.3 Å². The van der Waals surface area contributed by atoms with Gasteiger partial charge in [0.25, 0.3) is 5.91 Å². The van der Waals surface area contributed by atoms with Crippen molar-refractivity contribution in [3.05, 3.63) is 70.9 Å². The third-order valence-electron chi connectivity index (χ3n) is 10.6. The van der Waals surface area contributed by atoms with Crippen molar-refractivity contribution in [1.29, 1.82) is 5.26 Å². The number of benzene rings is 2. The normalized spacial score (nSPS) is 17.6. The summed E-state index contributed by atoms with van der Waals surface area (Å²) >= 11 is 5.34. The second-order valence-corrected chi connectivity index (χ2v) is 17.1. The van der Waals surface area contributed by atoms with Gasteiger partial charge in [-0.2, -0.15) is 31.6 Å². The number of ether oxygens (including phenoxy) is 2. The van der Waals surface area contributed by atoms with Crippen molar-refractivity contribution in [1.82, 2.24) is 15.2 Å². The van der Waals surface area contributed by atoms with Crippen LogP contribution in [0.15, 0.2) is 42.6 Å². The van der Waals surface area contributed by atoms with E-state index >= 15 is 8.78 Å². The third-order valence-corrected chi connectivity index (χ3v) is 11.0. The number of carbonyl (C=O) groups is 4. The minimum absolute atomic E-state index is 0.279. The number of nitriles is 1. The molecule has 2 aromatic carbocycles. The van der Waals surface area contributed by atoms with E-state index in [1.165, 1.54) is 24.8 Å². The Morgan fingerprint density at radius 2 is 1.74 bits per heavy atom. The van der Waals surface area contributed by atoms with E-state index in [1.54, 1.807) is 20.8 Å². The first kappa shape index (κ1) is 50.0. The number of alkyl halides is 7. The lowest BCUT2D eigenvalue weighted by atomic mass is 9.85. The number of rotatable bonds is 14. The maximum atomic E-state index is 15.8. The molecule has 5 rings (SSSR count). The highest BCUT2D eigenvalue weighted by molar-refractivity contribution is 7.81. The summed E-state index contributed by atoms with van der Waals surface area (Å²) in [6.45, 7) is 6.10. The van der Waals surface area contributed by atoms with Crippen molar-refractivity contribution < 1.29 is 68.2 Å². The lowest BCUT2D eigenvalue weighted by Gasteiger charge is -2.35. The van der Waals surface area contributed by atoms with Gasteiger partial charge in [0.15, 0.2) is 16.7 Å². The van der Waals surface area contributed by atoms with Gasteiger partial charge in [0, 0.05) is 24.6 Å². The fourth-order valence-corrected chi connectivity index (χ4v) is 7.88. The lowest BCUT2D eigenvalue weighted by Crippen LogP contribution is -2.57. The zero-order valence-corrected chi connectivity index (χ0v) is 36.1. The molecule has 0 radical (unpaired) electrons. The molecule has 2 saturated heterocycles. The fourth-order valence-electron chi connectivity index (χ4n) is 7.36. The molecule has 0 spiro atoms. The zero-order valence-electron chi connectivity index (χ0n) is 35.3. The Balaban J connectivity index is 1.24. The molecular weight excluding hydrogens is 902 g/mol. The number of anilines is 2. The average molecular weight is 944 g/mol. The summed E-state index contributed by atoms with van der Waals surface area (Å²) < 4.78 is 141. The van der Waals surface area contributed by atoms with Crippen LogP contribution in [0.1, 0.15) is 70.6 Å². The Labute approximate surface area is 371 Å². The van der Waals surface area contributed by atoms with E-state index in [1.807, 2.05) is 0 Å². The largest absolute Gasteiger partial charge is 0.493 e. The summed E-state index contributed by atoms with van der Waals surface area (Å²) in [4.78, 5) is 57.9. The van der Waals surface area contributed by atoms with Gasteiger partial charge >= 0.3 is 12.4 Å². The molecule has 1 unspecified atom stereocenters.